The summed E-state index contributed by atoms with van der Waals surface area (Å²) < 4.78 is 22.9. The van der Waals surface area contributed by atoms with E-state index in [1.54, 1.807) is 37.3 Å². The Hall–Kier alpha value is -3.24. The van der Waals surface area contributed by atoms with Gasteiger partial charge in [-0.3, -0.25) is 14.5 Å². The lowest BCUT2D eigenvalue weighted by Crippen LogP contribution is -2.44. The molecule has 2 aromatic carbocycles. The van der Waals surface area contributed by atoms with Gasteiger partial charge in [-0.05, 0) is 30.2 Å². The first kappa shape index (κ1) is 20.5. The van der Waals surface area contributed by atoms with Gasteiger partial charge in [0, 0.05) is 5.69 Å². The maximum Gasteiger partial charge on any atom is 0.325 e. The molecule has 3 rings (SSSR count). The number of hydrogen-bond donors (Lipinski definition) is 3. The number of nitrogens with one attached hydrogen (secondary N) is 2. The number of nitrogens with two attached hydrogens (primary N) is 1. The van der Waals surface area contributed by atoms with Crippen molar-refractivity contribution in [1.82, 2.24) is 10.2 Å². The van der Waals surface area contributed by atoms with Crippen molar-refractivity contribution < 1.29 is 22.8 Å². The van der Waals surface area contributed by atoms with E-state index in [1.807, 2.05) is 0 Å². The Balaban J connectivity index is 1.78. The lowest BCUT2D eigenvalue weighted by atomic mass is 9.87. The van der Waals surface area contributed by atoms with Gasteiger partial charge in [-0.15, -0.1) is 0 Å². The van der Waals surface area contributed by atoms with E-state index in [1.165, 1.54) is 24.3 Å². The molecule has 0 aliphatic carbocycles. The van der Waals surface area contributed by atoms with E-state index in [0.717, 1.165) is 4.90 Å². The third kappa shape index (κ3) is 3.98. The van der Waals surface area contributed by atoms with Crippen LogP contribution in [-0.2, 0) is 25.2 Å². The lowest BCUT2D eigenvalue weighted by Gasteiger charge is -2.25. The van der Waals surface area contributed by atoms with Crippen LogP contribution >= 0.6 is 0 Å². The number of primary sulfonamides is 1. The van der Waals surface area contributed by atoms with Gasteiger partial charge in [0.15, 0.2) is 0 Å². The highest BCUT2D eigenvalue weighted by atomic mass is 32.2. The number of sulfonamides is 1. The van der Waals surface area contributed by atoms with Gasteiger partial charge in [-0.2, -0.15) is 0 Å². The van der Waals surface area contributed by atoms with E-state index in [-0.39, 0.29) is 10.6 Å². The first-order valence-corrected chi connectivity index (χ1v) is 10.3. The molecule has 1 heterocycles. The van der Waals surface area contributed by atoms with Crippen LogP contribution in [0.3, 0.4) is 0 Å². The van der Waals surface area contributed by atoms with Crippen LogP contribution in [0.25, 0.3) is 0 Å². The summed E-state index contributed by atoms with van der Waals surface area (Å²) in [6, 6.07) is 13.5. The maximum atomic E-state index is 13.0. The van der Waals surface area contributed by atoms with Crippen LogP contribution in [-0.4, -0.2) is 37.7 Å². The first-order chi connectivity index (χ1) is 13.7. The average Bonchev–Trinajstić information content (AvgIpc) is 2.93. The molecule has 9 nitrogen and oxygen atoms in total. The highest BCUT2D eigenvalue weighted by molar-refractivity contribution is 7.89. The molecule has 2 aromatic rings. The van der Waals surface area contributed by atoms with Crippen molar-refractivity contribution in [3.63, 3.8) is 0 Å². The van der Waals surface area contributed by atoms with Crippen molar-refractivity contribution in [2.24, 2.45) is 5.14 Å². The molecule has 0 unspecified atom stereocenters. The summed E-state index contributed by atoms with van der Waals surface area (Å²) in [6.45, 7) is 1.26. The van der Waals surface area contributed by atoms with Crippen molar-refractivity contribution in [1.29, 1.82) is 0 Å². The minimum Gasteiger partial charge on any atom is -0.324 e. The summed E-state index contributed by atoms with van der Waals surface area (Å²) in [5, 5.41) is 10.2. The fraction of sp³-hybridized carbons (Fsp3) is 0.211. The average molecular weight is 416 g/mol. The van der Waals surface area contributed by atoms with Gasteiger partial charge in [0.1, 0.15) is 12.1 Å². The van der Waals surface area contributed by atoms with Crippen LogP contribution in [0.5, 0.6) is 0 Å². The van der Waals surface area contributed by atoms with Gasteiger partial charge >= 0.3 is 6.03 Å². The van der Waals surface area contributed by atoms with E-state index in [0.29, 0.717) is 12.0 Å². The van der Waals surface area contributed by atoms with E-state index in [4.69, 9.17) is 5.14 Å². The third-order valence-corrected chi connectivity index (χ3v) is 5.63. The molecule has 0 spiro atoms. The number of hydrogen-bond acceptors (Lipinski definition) is 5. The monoisotopic (exact) mass is 416 g/mol. The Morgan fingerprint density at radius 3 is 2.45 bits per heavy atom. The molecule has 1 atom stereocenters. The SMILES string of the molecule is CC[C@@]1(c2ccccc2)NC(=O)N(CC(=O)Nc2cccc(S(N)(=O)=O)c2)C1=O. The van der Waals surface area contributed by atoms with Gasteiger partial charge in [-0.25, -0.2) is 18.4 Å². The molecule has 0 radical (unpaired) electrons. The Bertz CT molecular complexity index is 1070. The molecular weight excluding hydrogens is 396 g/mol. The first-order valence-electron chi connectivity index (χ1n) is 8.80. The molecule has 0 bridgehead atoms. The summed E-state index contributed by atoms with van der Waals surface area (Å²) in [7, 11) is -3.93. The number of rotatable bonds is 6. The minimum absolute atomic E-state index is 0.167. The normalized spacial score (nSPS) is 19.2. The van der Waals surface area contributed by atoms with Gasteiger partial charge < -0.3 is 10.6 Å². The smallest absolute Gasteiger partial charge is 0.324 e. The molecule has 1 fully saturated rings. The van der Waals surface area contributed by atoms with Crippen LogP contribution in [0, 0.1) is 0 Å². The number of carbonyl (C=O) groups excluding carboxylic acids is 3. The molecule has 10 heteroatoms. The van der Waals surface area contributed by atoms with Gasteiger partial charge in [0.25, 0.3) is 5.91 Å². The lowest BCUT2D eigenvalue weighted by molar-refractivity contribution is -0.134. The zero-order valence-corrected chi connectivity index (χ0v) is 16.4. The Morgan fingerprint density at radius 1 is 1.14 bits per heavy atom. The number of amides is 4. The van der Waals surface area contributed by atoms with Crippen molar-refractivity contribution in [2.45, 2.75) is 23.8 Å². The molecule has 4 N–H and O–H groups in total. The number of anilines is 1. The second kappa shape index (κ2) is 7.64. The summed E-state index contributed by atoms with van der Waals surface area (Å²) in [5.74, 6) is -1.18. The molecule has 1 aliphatic rings. The Morgan fingerprint density at radius 2 is 1.83 bits per heavy atom. The number of benzene rings is 2. The molecule has 29 heavy (non-hydrogen) atoms. The van der Waals surface area contributed by atoms with Crippen molar-refractivity contribution in [2.75, 3.05) is 11.9 Å². The standard InChI is InChI=1S/C19H20N4O5S/c1-2-19(13-7-4-3-5-8-13)17(25)23(18(26)22-19)12-16(24)21-14-9-6-10-15(11-14)29(20,27)28/h3-11H,2,12H2,1H3,(H,21,24)(H,22,26)(H2,20,27,28)/t19-/m0/s1. The number of urea groups is 1. The molecule has 1 aliphatic heterocycles. The summed E-state index contributed by atoms with van der Waals surface area (Å²) >= 11 is 0. The highest BCUT2D eigenvalue weighted by Gasteiger charge is 2.51. The fourth-order valence-corrected chi connectivity index (χ4v) is 3.79. The van der Waals surface area contributed by atoms with Crippen molar-refractivity contribution >= 4 is 33.6 Å². The minimum atomic E-state index is -3.93. The van der Waals surface area contributed by atoms with Gasteiger partial charge in [0.2, 0.25) is 15.9 Å². The summed E-state index contributed by atoms with van der Waals surface area (Å²) in [5.41, 5.74) is -0.422. The maximum absolute atomic E-state index is 13.0. The number of carbonyl (C=O) groups is 3. The Kier molecular flexibility index (Phi) is 5.40. The zero-order valence-electron chi connectivity index (χ0n) is 15.6. The fourth-order valence-electron chi connectivity index (χ4n) is 3.23. The molecule has 152 valence electrons. The molecule has 1 saturated heterocycles. The van der Waals surface area contributed by atoms with E-state index in [2.05, 4.69) is 10.6 Å². The van der Waals surface area contributed by atoms with Crippen LogP contribution in [0.1, 0.15) is 18.9 Å². The highest BCUT2D eigenvalue weighted by Crippen LogP contribution is 2.32. The predicted octanol–water partition coefficient (Wildman–Crippen LogP) is 1.13. The molecular formula is C19H20N4O5S. The van der Waals surface area contributed by atoms with Gasteiger partial charge in [-0.1, -0.05) is 43.3 Å². The summed E-state index contributed by atoms with van der Waals surface area (Å²) in [4.78, 5) is 38.5. The van der Waals surface area contributed by atoms with Crippen LogP contribution in [0.2, 0.25) is 0 Å². The van der Waals surface area contributed by atoms with E-state index < -0.39 is 40.0 Å². The summed E-state index contributed by atoms with van der Waals surface area (Å²) in [6.07, 6.45) is 0.316. The van der Waals surface area contributed by atoms with Crippen molar-refractivity contribution in [3.8, 4) is 0 Å². The van der Waals surface area contributed by atoms with Crippen LogP contribution < -0.4 is 15.8 Å². The topological polar surface area (TPSA) is 139 Å². The second-order valence-corrected chi connectivity index (χ2v) is 8.13. The third-order valence-electron chi connectivity index (χ3n) is 4.72. The van der Waals surface area contributed by atoms with Crippen LogP contribution in [0.15, 0.2) is 59.5 Å². The van der Waals surface area contributed by atoms with E-state index >= 15 is 0 Å². The van der Waals surface area contributed by atoms with Gasteiger partial charge in [0.05, 0.1) is 4.90 Å². The largest absolute Gasteiger partial charge is 0.325 e. The zero-order chi connectivity index (χ0) is 21.2. The number of nitrogens with zero attached hydrogens (tertiary/aromatic N) is 1. The van der Waals surface area contributed by atoms with Crippen molar-refractivity contribution in [3.05, 3.63) is 60.2 Å². The molecule has 0 saturated carbocycles. The molecule has 4 amide bonds. The molecule has 0 aromatic heterocycles. The quantitative estimate of drug-likeness (QED) is 0.606. The predicted molar refractivity (Wildman–Crippen MR) is 105 cm³/mol. The number of imide groups is 1. The van der Waals surface area contributed by atoms with E-state index in [9.17, 15) is 22.8 Å². The second-order valence-electron chi connectivity index (χ2n) is 6.57. The Labute approximate surface area is 167 Å². The van der Waals surface area contributed by atoms with Crippen LogP contribution in [0.4, 0.5) is 10.5 Å².